The lowest BCUT2D eigenvalue weighted by atomic mass is 9.92. The van der Waals surface area contributed by atoms with Crippen molar-refractivity contribution in [2.45, 2.75) is 39.2 Å². The van der Waals surface area contributed by atoms with Crippen LogP contribution in [0.25, 0.3) is 0 Å². The molecule has 2 atom stereocenters. The Balaban J connectivity index is 2.07. The third kappa shape index (κ3) is 2.47. The molecular formula is C13H18N2O4. The van der Waals surface area contributed by atoms with E-state index in [0.717, 1.165) is 5.57 Å². The predicted molar refractivity (Wildman–Crippen MR) is 67.0 cm³/mol. The molecular weight excluding hydrogens is 248 g/mol. The number of nitrogens with one attached hydrogen (secondary N) is 1. The molecule has 0 aromatic rings. The van der Waals surface area contributed by atoms with E-state index in [9.17, 15) is 19.5 Å². The number of fused-ring (bicyclic) bond motifs is 1. The van der Waals surface area contributed by atoms with Gasteiger partial charge in [-0.25, -0.2) is 4.79 Å². The quantitative estimate of drug-likeness (QED) is 0.709. The van der Waals surface area contributed by atoms with Gasteiger partial charge in [-0.05, 0) is 24.3 Å². The molecule has 2 heterocycles. The zero-order valence-electron chi connectivity index (χ0n) is 11.1. The number of nitrogens with zero attached hydrogens (tertiary/aromatic N) is 1. The molecule has 0 aromatic heterocycles. The Labute approximate surface area is 111 Å². The van der Waals surface area contributed by atoms with Gasteiger partial charge in [0, 0.05) is 25.9 Å². The van der Waals surface area contributed by atoms with E-state index < -0.39 is 5.97 Å². The lowest BCUT2D eigenvalue weighted by Gasteiger charge is -2.35. The summed E-state index contributed by atoms with van der Waals surface area (Å²) in [5.41, 5.74) is 0.991. The minimum atomic E-state index is -1.03. The van der Waals surface area contributed by atoms with Gasteiger partial charge in [-0.2, -0.15) is 0 Å². The molecule has 0 aliphatic carbocycles. The molecule has 19 heavy (non-hydrogen) atoms. The van der Waals surface area contributed by atoms with Crippen LogP contribution in [-0.2, 0) is 14.4 Å². The summed E-state index contributed by atoms with van der Waals surface area (Å²) < 4.78 is 0. The van der Waals surface area contributed by atoms with Crippen LogP contribution in [0.15, 0.2) is 11.3 Å². The van der Waals surface area contributed by atoms with E-state index in [2.05, 4.69) is 5.32 Å². The number of carboxylic acid groups (broad SMARTS) is 1. The maximum Gasteiger partial charge on any atom is 0.352 e. The number of hydrogen-bond acceptors (Lipinski definition) is 3. The van der Waals surface area contributed by atoms with Crippen molar-refractivity contribution < 1.29 is 19.5 Å². The Hall–Kier alpha value is -1.85. The van der Waals surface area contributed by atoms with Gasteiger partial charge in [-0.15, -0.1) is 0 Å². The minimum absolute atomic E-state index is 0.0387. The number of β-lactam (4-membered cyclic amide) rings is 1. The van der Waals surface area contributed by atoms with Crippen molar-refractivity contribution in [1.82, 2.24) is 10.2 Å². The standard InChI is InChI=1S/C13H18N2O4/c1-7(3-4-14-8(2)16)10-5-9-6-11(17)15(9)12(10)13(18)19/h7,9H,3-6H2,1-2H3,(H,14,16)(H,18,19). The first-order valence-corrected chi connectivity index (χ1v) is 6.44. The molecule has 2 aliphatic heterocycles. The highest BCUT2D eigenvalue weighted by Gasteiger charge is 2.48. The van der Waals surface area contributed by atoms with Crippen molar-refractivity contribution in [1.29, 1.82) is 0 Å². The van der Waals surface area contributed by atoms with Gasteiger partial charge in [0.05, 0.1) is 0 Å². The van der Waals surface area contributed by atoms with Crippen LogP contribution >= 0.6 is 0 Å². The molecule has 1 fully saturated rings. The van der Waals surface area contributed by atoms with Crippen LogP contribution in [0.1, 0.15) is 33.1 Å². The molecule has 0 bridgehead atoms. The van der Waals surface area contributed by atoms with Crippen LogP contribution in [0.5, 0.6) is 0 Å². The second-order valence-corrected chi connectivity index (χ2v) is 5.18. The highest BCUT2D eigenvalue weighted by atomic mass is 16.4. The molecule has 6 heteroatoms. The highest BCUT2D eigenvalue weighted by Crippen LogP contribution is 2.41. The van der Waals surface area contributed by atoms with Gasteiger partial charge >= 0.3 is 5.97 Å². The molecule has 1 saturated heterocycles. The third-order valence-corrected chi connectivity index (χ3v) is 3.79. The SMILES string of the molecule is CC(=O)NCCC(C)C1=C(C(=O)O)N2C(=O)CC2C1. The van der Waals surface area contributed by atoms with E-state index in [1.807, 2.05) is 6.92 Å². The van der Waals surface area contributed by atoms with E-state index in [-0.39, 0.29) is 29.5 Å². The average Bonchev–Trinajstić information content (AvgIpc) is 2.61. The summed E-state index contributed by atoms with van der Waals surface area (Å²) in [5.74, 6) is -1.18. The summed E-state index contributed by atoms with van der Waals surface area (Å²) in [6, 6.07) is 0.0387. The van der Waals surface area contributed by atoms with Crippen molar-refractivity contribution in [3.8, 4) is 0 Å². The van der Waals surface area contributed by atoms with Crippen LogP contribution in [0, 0.1) is 5.92 Å². The number of carbonyl (C=O) groups is 3. The van der Waals surface area contributed by atoms with Crippen molar-refractivity contribution in [3.05, 3.63) is 11.3 Å². The second kappa shape index (κ2) is 5.03. The largest absolute Gasteiger partial charge is 0.477 e. The van der Waals surface area contributed by atoms with Gasteiger partial charge < -0.3 is 15.3 Å². The summed E-state index contributed by atoms with van der Waals surface area (Å²) in [4.78, 5) is 35.0. The Morgan fingerprint density at radius 2 is 2.16 bits per heavy atom. The van der Waals surface area contributed by atoms with Gasteiger partial charge in [0.15, 0.2) is 0 Å². The van der Waals surface area contributed by atoms with Crippen molar-refractivity contribution in [2.24, 2.45) is 5.92 Å². The number of aliphatic carboxylic acids is 1. The molecule has 2 unspecified atom stereocenters. The first-order valence-electron chi connectivity index (χ1n) is 6.44. The lowest BCUT2D eigenvalue weighted by molar-refractivity contribution is -0.147. The maximum atomic E-state index is 11.5. The summed E-state index contributed by atoms with van der Waals surface area (Å²) >= 11 is 0. The van der Waals surface area contributed by atoms with Crippen molar-refractivity contribution in [3.63, 3.8) is 0 Å². The Bertz CT molecular complexity index is 469. The van der Waals surface area contributed by atoms with Crippen LogP contribution in [-0.4, -0.2) is 40.4 Å². The summed E-state index contributed by atoms with van der Waals surface area (Å²) in [5, 5.41) is 12.0. The van der Waals surface area contributed by atoms with Crippen LogP contribution in [0.3, 0.4) is 0 Å². The smallest absolute Gasteiger partial charge is 0.352 e. The Morgan fingerprint density at radius 3 is 2.68 bits per heavy atom. The minimum Gasteiger partial charge on any atom is -0.477 e. The molecule has 104 valence electrons. The lowest BCUT2D eigenvalue weighted by Crippen LogP contribution is -2.49. The van der Waals surface area contributed by atoms with Gasteiger partial charge in [-0.1, -0.05) is 6.92 Å². The fraction of sp³-hybridized carbons (Fsp3) is 0.615. The van der Waals surface area contributed by atoms with Gasteiger partial charge in [-0.3, -0.25) is 9.59 Å². The molecule has 0 spiro atoms. The first kappa shape index (κ1) is 13.6. The zero-order chi connectivity index (χ0) is 14.2. The second-order valence-electron chi connectivity index (χ2n) is 5.18. The van der Waals surface area contributed by atoms with E-state index in [4.69, 9.17) is 0 Å². The summed E-state index contributed by atoms with van der Waals surface area (Å²) in [6.07, 6.45) is 1.77. The fourth-order valence-electron chi connectivity index (χ4n) is 2.77. The molecule has 0 saturated carbocycles. The topological polar surface area (TPSA) is 86.7 Å². The summed E-state index contributed by atoms with van der Waals surface area (Å²) in [6.45, 7) is 3.91. The van der Waals surface area contributed by atoms with E-state index in [1.54, 1.807) is 0 Å². The summed E-state index contributed by atoms with van der Waals surface area (Å²) in [7, 11) is 0. The molecule has 2 aliphatic rings. The van der Waals surface area contributed by atoms with Crippen LogP contribution in [0.2, 0.25) is 0 Å². The van der Waals surface area contributed by atoms with Crippen molar-refractivity contribution >= 4 is 17.8 Å². The molecule has 2 amide bonds. The Kier molecular flexibility index (Phi) is 3.59. The van der Waals surface area contributed by atoms with Crippen LogP contribution < -0.4 is 5.32 Å². The van der Waals surface area contributed by atoms with Gasteiger partial charge in [0.2, 0.25) is 11.8 Å². The number of carboxylic acids is 1. The number of hydrogen-bond donors (Lipinski definition) is 2. The number of rotatable bonds is 5. The normalized spacial score (nSPS) is 22.9. The highest BCUT2D eigenvalue weighted by molar-refractivity contribution is 5.98. The molecule has 2 rings (SSSR count). The fourth-order valence-corrected chi connectivity index (χ4v) is 2.77. The molecule has 0 aromatic carbocycles. The maximum absolute atomic E-state index is 11.5. The van der Waals surface area contributed by atoms with Gasteiger partial charge in [0.1, 0.15) is 5.70 Å². The number of amides is 2. The van der Waals surface area contributed by atoms with Crippen molar-refractivity contribution in [2.75, 3.05) is 6.54 Å². The average molecular weight is 266 g/mol. The van der Waals surface area contributed by atoms with E-state index >= 15 is 0 Å². The molecule has 0 radical (unpaired) electrons. The van der Waals surface area contributed by atoms with E-state index in [1.165, 1.54) is 11.8 Å². The predicted octanol–water partition coefficient (Wildman–Crippen LogP) is 0.492. The monoisotopic (exact) mass is 266 g/mol. The van der Waals surface area contributed by atoms with Gasteiger partial charge in [0.25, 0.3) is 0 Å². The number of carbonyl (C=O) groups excluding carboxylic acids is 2. The zero-order valence-corrected chi connectivity index (χ0v) is 11.1. The first-order chi connectivity index (χ1) is 8.91. The Morgan fingerprint density at radius 1 is 1.47 bits per heavy atom. The van der Waals surface area contributed by atoms with E-state index in [0.29, 0.717) is 25.8 Å². The molecule has 6 nitrogen and oxygen atoms in total. The van der Waals surface area contributed by atoms with Crippen LogP contribution in [0.4, 0.5) is 0 Å². The molecule has 2 N–H and O–H groups in total. The third-order valence-electron chi connectivity index (χ3n) is 3.79.